The van der Waals surface area contributed by atoms with E-state index < -0.39 is 16.1 Å². The lowest BCUT2D eigenvalue weighted by molar-refractivity contribution is -0.127. The molecule has 1 atom stereocenters. The summed E-state index contributed by atoms with van der Waals surface area (Å²) in [6.45, 7) is 7.89. The third-order valence-electron chi connectivity index (χ3n) is 3.32. The minimum Gasteiger partial charge on any atom is -0.481 e. The smallest absolute Gasteiger partial charge is 0.260 e. The minimum atomic E-state index is -3.50. The molecule has 0 unspecified atom stereocenters. The van der Waals surface area contributed by atoms with E-state index in [1.54, 1.807) is 19.1 Å². The summed E-state index contributed by atoms with van der Waals surface area (Å²) in [6.07, 6.45) is 2.20. The van der Waals surface area contributed by atoms with E-state index in [0.717, 1.165) is 19.3 Å². The lowest BCUT2D eigenvalue weighted by Gasteiger charge is -2.16. The summed E-state index contributed by atoms with van der Waals surface area (Å²) in [5.74, 6) is 0.241. The van der Waals surface area contributed by atoms with E-state index in [-0.39, 0.29) is 16.8 Å². The maximum Gasteiger partial charge on any atom is 0.260 e. The Balaban J connectivity index is 2.63. The first-order chi connectivity index (χ1) is 11.3. The number of ether oxygens (including phenoxy) is 1. The van der Waals surface area contributed by atoms with Gasteiger partial charge in [-0.15, -0.1) is 0 Å². The van der Waals surface area contributed by atoms with Crippen LogP contribution in [0.3, 0.4) is 0 Å². The number of carbonyl (C=O) groups is 1. The highest BCUT2D eigenvalue weighted by atomic mass is 32.2. The standard InChI is InChI=1S/C17H28N2O4S/c1-5-6-7-12-18-24(21,22)16-10-8-15(9-11-16)23-14(4)17(20)19-13(2)3/h8-11,13-14,18H,5-7,12H2,1-4H3,(H,19,20)/t14-/m0/s1. The van der Waals surface area contributed by atoms with Gasteiger partial charge >= 0.3 is 0 Å². The minimum absolute atomic E-state index is 0.0369. The fraction of sp³-hybridized carbons (Fsp3) is 0.588. The van der Waals surface area contributed by atoms with Gasteiger partial charge in [-0.1, -0.05) is 19.8 Å². The van der Waals surface area contributed by atoms with Crippen molar-refractivity contribution in [2.75, 3.05) is 6.54 Å². The van der Waals surface area contributed by atoms with Crippen LogP contribution in [0, 0.1) is 0 Å². The van der Waals surface area contributed by atoms with E-state index in [1.165, 1.54) is 12.1 Å². The Hall–Kier alpha value is -1.60. The van der Waals surface area contributed by atoms with E-state index >= 15 is 0 Å². The molecule has 0 saturated heterocycles. The summed E-state index contributed by atoms with van der Waals surface area (Å²) >= 11 is 0. The third kappa shape index (κ3) is 6.88. The van der Waals surface area contributed by atoms with Crippen LogP contribution < -0.4 is 14.8 Å². The van der Waals surface area contributed by atoms with Crippen LogP contribution in [0.5, 0.6) is 5.75 Å². The van der Waals surface area contributed by atoms with Gasteiger partial charge in [0.2, 0.25) is 10.0 Å². The number of rotatable bonds is 10. The number of hydrogen-bond donors (Lipinski definition) is 2. The third-order valence-corrected chi connectivity index (χ3v) is 4.80. The first kappa shape index (κ1) is 20.4. The molecular weight excluding hydrogens is 328 g/mol. The van der Waals surface area contributed by atoms with Gasteiger partial charge in [0.05, 0.1) is 4.90 Å². The number of hydrogen-bond acceptors (Lipinski definition) is 4. The van der Waals surface area contributed by atoms with Crippen LogP contribution in [-0.2, 0) is 14.8 Å². The Bertz CT molecular complexity index is 612. The van der Waals surface area contributed by atoms with E-state index in [4.69, 9.17) is 4.74 Å². The molecule has 0 fully saturated rings. The summed E-state index contributed by atoms with van der Waals surface area (Å²) in [5.41, 5.74) is 0. The average molecular weight is 356 g/mol. The normalized spacial score (nSPS) is 12.9. The molecule has 7 heteroatoms. The number of benzene rings is 1. The molecule has 0 aliphatic heterocycles. The second-order valence-electron chi connectivity index (χ2n) is 6.00. The van der Waals surface area contributed by atoms with E-state index in [0.29, 0.717) is 12.3 Å². The monoisotopic (exact) mass is 356 g/mol. The summed E-state index contributed by atoms with van der Waals surface area (Å²) in [6, 6.07) is 6.10. The quantitative estimate of drug-likeness (QED) is 0.631. The van der Waals surface area contributed by atoms with Crippen LogP contribution >= 0.6 is 0 Å². The van der Waals surface area contributed by atoms with Crippen LogP contribution in [0.15, 0.2) is 29.2 Å². The number of amides is 1. The van der Waals surface area contributed by atoms with Crippen LogP contribution in [0.2, 0.25) is 0 Å². The van der Waals surface area contributed by atoms with E-state index in [1.807, 2.05) is 13.8 Å². The molecule has 2 N–H and O–H groups in total. The van der Waals surface area contributed by atoms with Gasteiger partial charge in [0.1, 0.15) is 5.75 Å². The molecule has 0 radical (unpaired) electrons. The van der Waals surface area contributed by atoms with Gasteiger partial charge in [-0.25, -0.2) is 13.1 Å². The Labute approximate surface area is 145 Å². The van der Waals surface area contributed by atoms with Crippen LogP contribution in [-0.4, -0.2) is 33.0 Å². The number of nitrogens with one attached hydrogen (secondary N) is 2. The molecule has 0 aliphatic rings. The number of sulfonamides is 1. The first-order valence-electron chi connectivity index (χ1n) is 8.33. The summed E-state index contributed by atoms with van der Waals surface area (Å²) < 4.78 is 32.4. The van der Waals surface area contributed by atoms with Gasteiger partial charge in [0.15, 0.2) is 6.10 Å². The van der Waals surface area contributed by atoms with Crippen molar-refractivity contribution in [3.63, 3.8) is 0 Å². The van der Waals surface area contributed by atoms with Gasteiger partial charge < -0.3 is 10.1 Å². The van der Waals surface area contributed by atoms with Crippen molar-refractivity contribution in [1.29, 1.82) is 0 Å². The van der Waals surface area contributed by atoms with Gasteiger partial charge in [-0.3, -0.25) is 4.79 Å². The lowest BCUT2D eigenvalue weighted by atomic mass is 10.3. The molecule has 0 spiro atoms. The maximum atomic E-state index is 12.1. The predicted molar refractivity (Wildman–Crippen MR) is 94.5 cm³/mol. The second-order valence-corrected chi connectivity index (χ2v) is 7.77. The predicted octanol–water partition coefficient (Wildman–Crippen LogP) is 2.45. The maximum absolute atomic E-state index is 12.1. The van der Waals surface area contributed by atoms with Crippen molar-refractivity contribution in [2.24, 2.45) is 0 Å². The molecule has 0 saturated carbocycles. The van der Waals surface area contributed by atoms with Crippen molar-refractivity contribution in [2.45, 2.75) is 64.0 Å². The van der Waals surface area contributed by atoms with Crippen LogP contribution in [0.4, 0.5) is 0 Å². The van der Waals surface area contributed by atoms with Crippen molar-refractivity contribution < 1.29 is 17.9 Å². The molecule has 24 heavy (non-hydrogen) atoms. The highest BCUT2D eigenvalue weighted by molar-refractivity contribution is 7.89. The first-order valence-corrected chi connectivity index (χ1v) is 9.81. The molecule has 1 aromatic carbocycles. The molecular formula is C17H28N2O4S. The summed E-state index contributed by atoms with van der Waals surface area (Å²) in [4.78, 5) is 12.0. The van der Waals surface area contributed by atoms with Crippen molar-refractivity contribution >= 4 is 15.9 Å². The molecule has 0 aliphatic carbocycles. The molecule has 0 heterocycles. The van der Waals surface area contributed by atoms with Gasteiger partial charge in [-0.2, -0.15) is 0 Å². The number of carbonyl (C=O) groups excluding carboxylic acids is 1. The zero-order chi connectivity index (χ0) is 18.2. The van der Waals surface area contributed by atoms with Crippen LogP contribution in [0.25, 0.3) is 0 Å². The molecule has 1 amide bonds. The number of unbranched alkanes of at least 4 members (excludes halogenated alkanes) is 2. The van der Waals surface area contributed by atoms with Gasteiger partial charge in [-0.05, 0) is 51.5 Å². The molecule has 0 bridgehead atoms. The molecule has 1 rings (SSSR count). The van der Waals surface area contributed by atoms with Gasteiger partial charge in [0.25, 0.3) is 5.91 Å². The van der Waals surface area contributed by atoms with Crippen LogP contribution in [0.1, 0.15) is 47.0 Å². The zero-order valence-corrected chi connectivity index (χ0v) is 15.7. The fourth-order valence-corrected chi connectivity index (χ4v) is 3.10. The molecule has 6 nitrogen and oxygen atoms in total. The highest BCUT2D eigenvalue weighted by Crippen LogP contribution is 2.17. The Morgan fingerprint density at radius 1 is 1.12 bits per heavy atom. The Morgan fingerprint density at radius 2 is 1.75 bits per heavy atom. The fourth-order valence-electron chi connectivity index (χ4n) is 2.02. The Morgan fingerprint density at radius 3 is 2.29 bits per heavy atom. The highest BCUT2D eigenvalue weighted by Gasteiger charge is 2.17. The summed E-state index contributed by atoms with van der Waals surface area (Å²) in [5, 5.41) is 2.76. The topological polar surface area (TPSA) is 84.5 Å². The van der Waals surface area contributed by atoms with Crippen molar-refractivity contribution in [3.8, 4) is 5.75 Å². The molecule has 136 valence electrons. The summed E-state index contributed by atoms with van der Waals surface area (Å²) in [7, 11) is -3.50. The average Bonchev–Trinajstić information content (AvgIpc) is 2.51. The van der Waals surface area contributed by atoms with E-state index in [2.05, 4.69) is 17.0 Å². The van der Waals surface area contributed by atoms with E-state index in [9.17, 15) is 13.2 Å². The van der Waals surface area contributed by atoms with Crippen molar-refractivity contribution in [3.05, 3.63) is 24.3 Å². The lowest BCUT2D eigenvalue weighted by Crippen LogP contribution is -2.40. The largest absolute Gasteiger partial charge is 0.481 e. The SMILES string of the molecule is CCCCCNS(=O)(=O)c1ccc(O[C@@H](C)C(=O)NC(C)C)cc1. The second kappa shape index (κ2) is 9.64. The Kier molecular flexibility index (Phi) is 8.21. The molecule has 1 aromatic rings. The zero-order valence-electron chi connectivity index (χ0n) is 14.8. The van der Waals surface area contributed by atoms with Gasteiger partial charge in [0, 0.05) is 12.6 Å². The van der Waals surface area contributed by atoms with Crippen molar-refractivity contribution in [1.82, 2.24) is 10.0 Å². The molecule has 0 aromatic heterocycles.